The van der Waals surface area contributed by atoms with Gasteiger partial charge in [0.15, 0.2) is 0 Å². The predicted molar refractivity (Wildman–Crippen MR) is 75.8 cm³/mol. The fraction of sp³-hybridized carbons (Fsp3) is 0.467. The third-order valence-corrected chi connectivity index (χ3v) is 2.57. The fourth-order valence-corrected chi connectivity index (χ4v) is 1.63. The quantitative estimate of drug-likeness (QED) is 0.717. The predicted octanol–water partition coefficient (Wildman–Crippen LogP) is 2.11. The molecule has 0 aliphatic heterocycles. The van der Waals surface area contributed by atoms with Gasteiger partial charge in [-0.25, -0.2) is 0 Å². The molecule has 0 spiro atoms. The molecule has 0 saturated carbocycles. The highest BCUT2D eigenvalue weighted by molar-refractivity contribution is 5.96. The SMILES string of the molecule is CCCOc1cccc(C(=O)N(C)CC(=O)OCC)c1. The third kappa shape index (κ3) is 4.91. The summed E-state index contributed by atoms with van der Waals surface area (Å²) in [5, 5.41) is 0. The number of ether oxygens (including phenoxy) is 2. The number of likely N-dealkylation sites (N-methyl/N-ethyl adjacent to an activating group) is 1. The topological polar surface area (TPSA) is 55.8 Å². The Kier molecular flexibility index (Phi) is 6.56. The summed E-state index contributed by atoms with van der Waals surface area (Å²) in [7, 11) is 1.57. The van der Waals surface area contributed by atoms with Gasteiger partial charge in [0.05, 0.1) is 13.2 Å². The normalized spacial score (nSPS) is 9.95. The molecule has 1 rings (SSSR count). The summed E-state index contributed by atoms with van der Waals surface area (Å²) in [5.41, 5.74) is 0.491. The van der Waals surface area contributed by atoms with Crippen molar-refractivity contribution in [3.63, 3.8) is 0 Å². The van der Waals surface area contributed by atoms with Crippen LogP contribution in [-0.4, -0.2) is 43.6 Å². The molecule has 0 fully saturated rings. The molecule has 0 aliphatic carbocycles. The Morgan fingerprint density at radius 3 is 2.65 bits per heavy atom. The van der Waals surface area contributed by atoms with Crippen molar-refractivity contribution in [3.8, 4) is 5.75 Å². The molecule has 0 radical (unpaired) electrons. The van der Waals surface area contributed by atoms with Crippen LogP contribution < -0.4 is 4.74 Å². The van der Waals surface area contributed by atoms with Crippen molar-refractivity contribution in [2.45, 2.75) is 20.3 Å². The third-order valence-electron chi connectivity index (χ3n) is 2.57. The second-order valence-corrected chi connectivity index (χ2v) is 4.34. The van der Waals surface area contributed by atoms with Crippen LogP contribution in [-0.2, 0) is 9.53 Å². The average Bonchev–Trinajstić information content (AvgIpc) is 2.44. The van der Waals surface area contributed by atoms with E-state index in [4.69, 9.17) is 9.47 Å². The van der Waals surface area contributed by atoms with Gasteiger partial charge in [-0.3, -0.25) is 9.59 Å². The van der Waals surface area contributed by atoms with Crippen LogP contribution in [0.5, 0.6) is 5.75 Å². The van der Waals surface area contributed by atoms with Crippen molar-refractivity contribution in [3.05, 3.63) is 29.8 Å². The lowest BCUT2D eigenvalue weighted by molar-refractivity contribution is -0.143. The van der Waals surface area contributed by atoms with Crippen molar-refractivity contribution >= 4 is 11.9 Å². The summed E-state index contributed by atoms with van der Waals surface area (Å²) in [6, 6.07) is 6.94. The zero-order valence-electron chi connectivity index (χ0n) is 12.2. The summed E-state index contributed by atoms with van der Waals surface area (Å²) < 4.78 is 10.3. The molecule has 1 aromatic rings. The van der Waals surface area contributed by atoms with Crippen molar-refractivity contribution in [1.82, 2.24) is 4.90 Å². The first-order valence-electron chi connectivity index (χ1n) is 6.72. The molecule has 0 saturated heterocycles. The van der Waals surface area contributed by atoms with E-state index in [-0.39, 0.29) is 12.5 Å². The maximum absolute atomic E-state index is 12.2. The van der Waals surface area contributed by atoms with Crippen LogP contribution in [0, 0.1) is 0 Å². The molecule has 1 amide bonds. The van der Waals surface area contributed by atoms with Crippen LogP contribution >= 0.6 is 0 Å². The van der Waals surface area contributed by atoms with Gasteiger partial charge < -0.3 is 14.4 Å². The van der Waals surface area contributed by atoms with Gasteiger partial charge in [0.2, 0.25) is 0 Å². The molecule has 0 atom stereocenters. The van der Waals surface area contributed by atoms with E-state index in [1.54, 1.807) is 38.2 Å². The van der Waals surface area contributed by atoms with E-state index in [1.807, 2.05) is 6.92 Å². The average molecular weight is 279 g/mol. The van der Waals surface area contributed by atoms with Gasteiger partial charge in [-0.15, -0.1) is 0 Å². The molecular formula is C15H21NO4. The summed E-state index contributed by atoms with van der Waals surface area (Å²) in [6.45, 7) is 4.60. The maximum atomic E-state index is 12.2. The Morgan fingerprint density at radius 1 is 1.25 bits per heavy atom. The van der Waals surface area contributed by atoms with Gasteiger partial charge in [0, 0.05) is 12.6 Å². The molecular weight excluding hydrogens is 258 g/mol. The molecule has 5 heteroatoms. The van der Waals surface area contributed by atoms with E-state index in [1.165, 1.54) is 4.90 Å². The van der Waals surface area contributed by atoms with Crippen molar-refractivity contribution < 1.29 is 19.1 Å². The van der Waals surface area contributed by atoms with E-state index in [2.05, 4.69) is 0 Å². The first kappa shape index (κ1) is 16.0. The van der Waals surface area contributed by atoms with Gasteiger partial charge in [-0.1, -0.05) is 13.0 Å². The Bertz CT molecular complexity index is 459. The van der Waals surface area contributed by atoms with Crippen LogP contribution in [0.4, 0.5) is 0 Å². The summed E-state index contributed by atoms with van der Waals surface area (Å²) in [6.07, 6.45) is 0.904. The highest BCUT2D eigenvalue weighted by atomic mass is 16.5. The smallest absolute Gasteiger partial charge is 0.325 e. The number of benzene rings is 1. The van der Waals surface area contributed by atoms with E-state index in [0.717, 1.165) is 6.42 Å². The zero-order chi connectivity index (χ0) is 15.0. The highest BCUT2D eigenvalue weighted by Crippen LogP contribution is 2.15. The van der Waals surface area contributed by atoms with Gasteiger partial charge in [0.25, 0.3) is 5.91 Å². The monoisotopic (exact) mass is 279 g/mol. The minimum absolute atomic E-state index is 0.0628. The Morgan fingerprint density at radius 2 is 2.00 bits per heavy atom. The minimum atomic E-state index is -0.415. The summed E-state index contributed by atoms with van der Waals surface area (Å²) in [5.74, 6) is 0.00368. The molecule has 5 nitrogen and oxygen atoms in total. The number of hydrogen-bond donors (Lipinski definition) is 0. The Labute approximate surface area is 119 Å². The van der Waals surface area contributed by atoms with Gasteiger partial charge >= 0.3 is 5.97 Å². The molecule has 0 N–H and O–H groups in total. The number of amides is 1. The first-order chi connectivity index (χ1) is 9.58. The van der Waals surface area contributed by atoms with Gasteiger partial charge in [0.1, 0.15) is 12.3 Å². The number of hydrogen-bond acceptors (Lipinski definition) is 4. The lowest BCUT2D eigenvalue weighted by Gasteiger charge is -2.16. The summed E-state index contributed by atoms with van der Waals surface area (Å²) >= 11 is 0. The molecule has 20 heavy (non-hydrogen) atoms. The van der Waals surface area contributed by atoms with E-state index >= 15 is 0 Å². The van der Waals surface area contributed by atoms with E-state index < -0.39 is 5.97 Å². The molecule has 0 bridgehead atoms. The molecule has 0 aliphatic rings. The Hall–Kier alpha value is -2.04. The number of nitrogens with zero attached hydrogens (tertiary/aromatic N) is 1. The maximum Gasteiger partial charge on any atom is 0.325 e. The molecule has 110 valence electrons. The lowest BCUT2D eigenvalue weighted by atomic mass is 10.2. The number of rotatable bonds is 7. The minimum Gasteiger partial charge on any atom is -0.494 e. The number of carbonyl (C=O) groups excluding carboxylic acids is 2. The van der Waals surface area contributed by atoms with Crippen molar-refractivity contribution in [2.75, 3.05) is 26.8 Å². The number of esters is 1. The van der Waals surface area contributed by atoms with Crippen molar-refractivity contribution in [1.29, 1.82) is 0 Å². The van der Waals surface area contributed by atoms with Crippen LogP contribution in [0.25, 0.3) is 0 Å². The molecule has 0 heterocycles. The lowest BCUT2D eigenvalue weighted by Crippen LogP contribution is -2.33. The highest BCUT2D eigenvalue weighted by Gasteiger charge is 2.15. The van der Waals surface area contributed by atoms with Gasteiger partial charge in [-0.05, 0) is 31.5 Å². The fourth-order valence-electron chi connectivity index (χ4n) is 1.63. The molecule has 0 aromatic heterocycles. The van der Waals surface area contributed by atoms with E-state index in [9.17, 15) is 9.59 Å². The summed E-state index contributed by atoms with van der Waals surface area (Å²) in [4.78, 5) is 24.9. The zero-order valence-corrected chi connectivity index (χ0v) is 12.2. The Balaban J connectivity index is 2.68. The van der Waals surface area contributed by atoms with Gasteiger partial charge in [-0.2, -0.15) is 0 Å². The van der Waals surface area contributed by atoms with Crippen LogP contribution in [0.3, 0.4) is 0 Å². The first-order valence-corrected chi connectivity index (χ1v) is 6.72. The van der Waals surface area contributed by atoms with Crippen LogP contribution in [0.1, 0.15) is 30.6 Å². The number of carbonyl (C=O) groups is 2. The molecule has 1 aromatic carbocycles. The second-order valence-electron chi connectivity index (χ2n) is 4.34. The van der Waals surface area contributed by atoms with E-state index in [0.29, 0.717) is 24.5 Å². The largest absolute Gasteiger partial charge is 0.494 e. The van der Waals surface area contributed by atoms with Crippen LogP contribution in [0.2, 0.25) is 0 Å². The van der Waals surface area contributed by atoms with Crippen LogP contribution in [0.15, 0.2) is 24.3 Å². The second kappa shape index (κ2) is 8.19. The standard InChI is InChI=1S/C15H21NO4/c1-4-9-20-13-8-6-7-12(10-13)15(18)16(3)11-14(17)19-5-2/h6-8,10H,4-5,9,11H2,1-3H3. The molecule has 0 unspecified atom stereocenters. The van der Waals surface area contributed by atoms with Crippen molar-refractivity contribution in [2.24, 2.45) is 0 Å².